The highest BCUT2D eigenvalue weighted by Crippen LogP contribution is 2.30. The van der Waals surface area contributed by atoms with Crippen molar-refractivity contribution in [2.24, 2.45) is 0 Å². The lowest BCUT2D eigenvalue weighted by Gasteiger charge is -2.07. The largest absolute Gasteiger partial charge is 0.497 e. The summed E-state index contributed by atoms with van der Waals surface area (Å²) in [5.74, 6) is 1.08. The molecule has 25 heavy (non-hydrogen) atoms. The van der Waals surface area contributed by atoms with Gasteiger partial charge in [-0.15, -0.1) is 0 Å². The Labute approximate surface area is 145 Å². The van der Waals surface area contributed by atoms with Crippen LogP contribution in [0.3, 0.4) is 0 Å². The second kappa shape index (κ2) is 5.98. The van der Waals surface area contributed by atoms with Crippen LogP contribution in [0.25, 0.3) is 21.7 Å². The number of rotatable bonds is 3. The Kier molecular flexibility index (Phi) is 3.65. The summed E-state index contributed by atoms with van der Waals surface area (Å²) in [6.45, 7) is 1.79. The van der Waals surface area contributed by atoms with E-state index in [0.29, 0.717) is 22.7 Å². The van der Waals surface area contributed by atoms with Gasteiger partial charge in [-0.1, -0.05) is 30.3 Å². The van der Waals surface area contributed by atoms with Crippen molar-refractivity contribution in [2.45, 2.75) is 6.92 Å². The van der Waals surface area contributed by atoms with Crippen molar-refractivity contribution in [1.29, 1.82) is 0 Å². The van der Waals surface area contributed by atoms with Gasteiger partial charge in [-0.3, -0.25) is 4.79 Å². The molecular formula is C21H17NO3. The maximum absolute atomic E-state index is 12.8. The third kappa shape index (κ3) is 2.72. The normalized spacial score (nSPS) is 11.0. The quantitative estimate of drug-likeness (QED) is 0.564. The molecule has 0 aliphatic carbocycles. The van der Waals surface area contributed by atoms with E-state index in [9.17, 15) is 4.79 Å². The molecule has 1 N–H and O–H groups in total. The molecule has 4 aromatic rings. The molecule has 0 atom stereocenters. The lowest BCUT2D eigenvalue weighted by molar-refractivity contribution is 0.102. The lowest BCUT2D eigenvalue weighted by Crippen LogP contribution is -2.12. The van der Waals surface area contributed by atoms with Gasteiger partial charge < -0.3 is 14.5 Å². The third-order valence-corrected chi connectivity index (χ3v) is 4.31. The molecule has 0 unspecified atom stereocenters. The number of furan rings is 1. The topological polar surface area (TPSA) is 51.5 Å². The monoisotopic (exact) mass is 331 g/mol. The average Bonchev–Trinajstić information content (AvgIpc) is 2.96. The maximum atomic E-state index is 12.8. The summed E-state index contributed by atoms with van der Waals surface area (Å²) in [5, 5.41) is 5.93. The smallest absolute Gasteiger partial charge is 0.259 e. The fourth-order valence-corrected chi connectivity index (χ4v) is 3.07. The van der Waals surface area contributed by atoms with Crippen LogP contribution in [0.4, 0.5) is 5.69 Å². The lowest BCUT2D eigenvalue weighted by atomic mass is 10.1. The Balaban J connectivity index is 1.72. The maximum Gasteiger partial charge on any atom is 0.259 e. The number of hydrogen-bond donors (Lipinski definition) is 1. The second-order valence-corrected chi connectivity index (χ2v) is 5.91. The van der Waals surface area contributed by atoms with E-state index in [2.05, 4.69) is 5.32 Å². The van der Waals surface area contributed by atoms with Gasteiger partial charge in [0.2, 0.25) is 0 Å². The number of amides is 1. The molecule has 3 aromatic carbocycles. The van der Waals surface area contributed by atoms with Gasteiger partial charge in [0, 0.05) is 11.1 Å². The predicted octanol–water partition coefficient (Wildman–Crippen LogP) is 5.16. The van der Waals surface area contributed by atoms with Crippen molar-refractivity contribution >= 4 is 33.3 Å². The molecule has 4 rings (SSSR count). The number of carbonyl (C=O) groups is 1. The van der Waals surface area contributed by atoms with E-state index < -0.39 is 0 Å². The van der Waals surface area contributed by atoms with Crippen LogP contribution >= 0.6 is 0 Å². The highest BCUT2D eigenvalue weighted by atomic mass is 16.5. The summed E-state index contributed by atoms with van der Waals surface area (Å²) in [4.78, 5) is 12.8. The number of nitrogens with one attached hydrogen (secondary N) is 1. The minimum Gasteiger partial charge on any atom is -0.497 e. The molecular weight excluding hydrogens is 314 g/mol. The molecule has 4 nitrogen and oxygen atoms in total. The summed E-state index contributed by atoms with van der Waals surface area (Å²) < 4.78 is 11.0. The van der Waals surface area contributed by atoms with E-state index in [1.807, 2.05) is 60.7 Å². The van der Waals surface area contributed by atoms with Crippen LogP contribution in [-0.2, 0) is 0 Å². The molecule has 4 heteroatoms. The molecule has 0 fully saturated rings. The van der Waals surface area contributed by atoms with Gasteiger partial charge >= 0.3 is 0 Å². The van der Waals surface area contributed by atoms with Crippen LogP contribution in [-0.4, -0.2) is 13.0 Å². The minimum absolute atomic E-state index is 0.195. The molecule has 124 valence electrons. The molecule has 0 aliphatic heterocycles. The first-order valence-electron chi connectivity index (χ1n) is 8.03. The molecule has 0 radical (unpaired) electrons. The summed E-state index contributed by atoms with van der Waals surface area (Å²) >= 11 is 0. The number of benzene rings is 3. The van der Waals surface area contributed by atoms with E-state index >= 15 is 0 Å². The van der Waals surface area contributed by atoms with Gasteiger partial charge in [-0.2, -0.15) is 0 Å². The van der Waals surface area contributed by atoms with E-state index in [1.165, 1.54) is 0 Å². The van der Waals surface area contributed by atoms with E-state index in [-0.39, 0.29) is 5.91 Å². The van der Waals surface area contributed by atoms with Crippen LogP contribution in [0.1, 0.15) is 16.1 Å². The second-order valence-electron chi connectivity index (χ2n) is 5.91. The van der Waals surface area contributed by atoms with Gasteiger partial charge in [-0.25, -0.2) is 0 Å². The molecule has 0 saturated heterocycles. The van der Waals surface area contributed by atoms with Crippen molar-refractivity contribution in [3.63, 3.8) is 0 Å². The van der Waals surface area contributed by atoms with Crippen LogP contribution < -0.4 is 10.1 Å². The van der Waals surface area contributed by atoms with Crippen molar-refractivity contribution in [3.05, 3.63) is 72.0 Å². The number of methoxy groups -OCH3 is 1. The number of carbonyl (C=O) groups excluding carboxylic acids is 1. The van der Waals surface area contributed by atoms with Crippen LogP contribution in [0.5, 0.6) is 5.75 Å². The third-order valence-electron chi connectivity index (χ3n) is 4.31. The van der Waals surface area contributed by atoms with Crippen LogP contribution in [0.15, 0.2) is 65.1 Å². The first kappa shape index (κ1) is 15.3. The number of anilines is 1. The first-order valence-corrected chi connectivity index (χ1v) is 8.03. The average molecular weight is 331 g/mol. The molecule has 1 aromatic heterocycles. The molecule has 0 bridgehead atoms. The van der Waals surface area contributed by atoms with Gasteiger partial charge in [-0.05, 0) is 48.0 Å². The van der Waals surface area contributed by atoms with Crippen molar-refractivity contribution in [3.8, 4) is 5.75 Å². The Morgan fingerprint density at radius 1 is 1.00 bits per heavy atom. The molecule has 0 aliphatic rings. The zero-order valence-corrected chi connectivity index (χ0v) is 14.0. The Morgan fingerprint density at radius 3 is 2.60 bits per heavy atom. The Bertz CT molecular complexity index is 1090. The van der Waals surface area contributed by atoms with Crippen molar-refractivity contribution in [2.75, 3.05) is 12.4 Å². The number of hydrogen-bond acceptors (Lipinski definition) is 3. The van der Waals surface area contributed by atoms with Crippen LogP contribution in [0.2, 0.25) is 0 Å². The zero-order chi connectivity index (χ0) is 17.4. The van der Waals surface area contributed by atoms with Gasteiger partial charge in [0.1, 0.15) is 17.1 Å². The number of fused-ring (bicyclic) bond motifs is 2. The molecule has 0 saturated carbocycles. The Hall–Kier alpha value is -3.27. The zero-order valence-electron chi connectivity index (χ0n) is 14.0. The highest BCUT2D eigenvalue weighted by Gasteiger charge is 2.19. The fourth-order valence-electron chi connectivity index (χ4n) is 3.07. The Morgan fingerprint density at radius 2 is 1.80 bits per heavy atom. The minimum atomic E-state index is -0.195. The standard InChI is InChI=1S/C21H17NO3/c1-13-20(18-12-17(24-2)9-10-19(18)25-13)21(23)22-16-8-7-14-5-3-4-6-15(14)11-16/h3-12H,1-2H3,(H,22,23). The van der Waals surface area contributed by atoms with Gasteiger partial charge in [0.15, 0.2) is 0 Å². The van der Waals surface area contributed by atoms with E-state index in [1.54, 1.807) is 14.0 Å². The number of ether oxygens (including phenoxy) is 1. The van der Waals surface area contributed by atoms with Crippen LogP contribution in [0, 0.1) is 6.92 Å². The van der Waals surface area contributed by atoms with Crippen molar-refractivity contribution < 1.29 is 13.9 Å². The highest BCUT2D eigenvalue weighted by molar-refractivity contribution is 6.13. The number of aryl methyl sites for hydroxylation is 1. The van der Waals surface area contributed by atoms with Crippen molar-refractivity contribution in [1.82, 2.24) is 0 Å². The molecule has 1 heterocycles. The summed E-state index contributed by atoms with van der Waals surface area (Å²) in [6, 6.07) is 19.3. The fraction of sp³-hybridized carbons (Fsp3) is 0.0952. The van der Waals surface area contributed by atoms with E-state index in [4.69, 9.17) is 9.15 Å². The predicted molar refractivity (Wildman–Crippen MR) is 99.4 cm³/mol. The summed E-state index contributed by atoms with van der Waals surface area (Å²) in [5.41, 5.74) is 1.95. The van der Waals surface area contributed by atoms with Gasteiger partial charge in [0.25, 0.3) is 5.91 Å². The van der Waals surface area contributed by atoms with Gasteiger partial charge in [0.05, 0.1) is 12.7 Å². The molecule has 1 amide bonds. The first-order chi connectivity index (χ1) is 12.2. The summed E-state index contributed by atoms with van der Waals surface area (Å²) in [6.07, 6.45) is 0. The summed E-state index contributed by atoms with van der Waals surface area (Å²) in [7, 11) is 1.60. The SMILES string of the molecule is COc1ccc2oc(C)c(C(=O)Nc3ccc4ccccc4c3)c2c1. The molecule has 0 spiro atoms. The van der Waals surface area contributed by atoms with E-state index in [0.717, 1.165) is 21.8 Å².